The third-order valence-electron chi connectivity index (χ3n) is 4.28. The third-order valence-corrected chi connectivity index (χ3v) is 4.28. The van der Waals surface area contributed by atoms with Gasteiger partial charge in [0.2, 0.25) is 0 Å². The van der Waals surface area contributed by atoms with E-state index in [4.69, 9.17) is 0 Å². The second-order valence-corrected chi connectivity index (χ2v) is 7.23. The summed E-state index contributed by atoms with van der Waals surface area (Å²) in [5, 5.41) is 14.4. The summed E-state index contributed by atoms with van der Waals surface area (Å²) in [6, 6.07) is 50.0. The van der Waals surface area contributed by atoms with Crippen molar-refractivity contribution in [1.82, 2.24) is 16.0 Å². The molecular weight excluding hydrogens is 536 g/mol. The summed E-state index contributed by atoms with van der Waals surface area (Å²) in [7, 11) is 0. The number of nitrogens with one attached hydrogen (secondary N) is 3. The fourth-order valence-corrected chi connectivity index (χ4v) is 2.52. The molecular formula is C33H43ClN4Ti-6. The van der Waals surface area contributed by atoms with Gasteiger partial charge in [-0.05, 0) is 13.1 Å². The Labute approximate surface area is 259 Å². The molecule has 3 N–H and O–H groups in total. The maximum absolute atomic E-state index is 4.36. The van der Waals surface area contributed by atoms with Crippen LogP contribution < -0.4 is 16.0 Å². The summed E-state index contributed by atoms with van der Waals surface area (Å²) in [4.78, 5) is 0. The fourth-order valence-electron chi connectivity index (χ4n) is 2.52. The van der Waals surface area contributed by atoms with Gasteiger partial charge >= 0.3 is 0 Å². The van der Waals surface area contributed by atoms with Crippen LogP contribution in [0, 0.1) is 31.7 Å². The Morgan fingerprint density at radius 1 is 0.385 bits per heavy atom. The molecule has 4 nitrogen and oxygen atoms in total. The molecule has 0 aromatic heterocycles. The van der Waals surface area contributed by atoms with Crippen LogP contribution in [0.25, 0.3) is 5.32 Å². The Balaban J connectivity index is -0.000000422. The molecule has 1 heterocycles. The van der Waals surface area contributed by atoms with E-state index in [-0.39, 0.29) is 41.6 Å². The first kappa shape index (κ1) is 41.2. The van der Waals surface area contributed by atoms with Crippen LogP contribution in [0.1, 0.15) is 0 Å². The zero-order valence-corrected chi connectivity index (χ0v) is 25.4. The Kier molecular flexibility index (Phi) is 40.0. The molecule has 4 aromatic carbocycles. The van der Waals surface area contributed by atoms with Gasteiger partial charge < -0.3 is 28.7 Å². The van der Waals surface area contributed by atoms with E-state index in [1.54, 1.807) is 0 Å². The molecule has 0 aliphatic carbocycles. The first-order chi connectivity index (χ1) is 18.0. The number of rotatable bonds is 0. The second-order valence-electron chi connectivity index (χ2n) is 7.23. The standard InChI is InChI=1S/C8H19N4.4C6H5.CH3.ClH.Ti/c1-2-10-5-6-12-8-7-11-4-3-9-1;4*1-2-4-6-5-3-1;;;/h9-11H,1-8H2;4*1-5H;1H3;1H;/q6*-1;;. The van der Waals surface area contributed by atoms with Crippen molar-refractivity contribution in [3.63, 3.8) is 0 Å². The minimum atomic E-state index is 0. The maximum atomic E-state index is 4.36. The number of hydrogen-bond donors (Lipinski definition) is 3. The molecule has 5 rings (SSSR count). The van der Waals surface area contributed by atoms with E-state index in [9.17, 15) is 0 Å². The van der Waals surface area contributed by atoms with Gasteiger partial charge in [-0.15, -0.1) is 25.5 Å². The second kappa shape index (κ2) is 37.9. The SMILES string of the molecule is C1CNCCNCCNCC[N-]1.Cl.[CH3-].[Ti].[c-]1ccccc1.[c-]1ccccc1.[c-]1ccccc1.[c-]1ccccc1. The normalized spacial score (nSPS) is 12.3. The Hall–Kier alpha value is -2.28. The van der Waals surface area contributed by atoms with Crippen LogP contribution in [0.4, 0.5) is 0 Å². The number of halogens is 1. The monoisotopic (exact) mass is 578 g/mol. The van der Waals surface area contributed by atoms with Gasteiger partial charge in [0, 0.05) is 47.9 Å². The number of nitrogens with zero attached hydrogens (tertiary/aromatic N) is 1. The fraction of sp³-hybridized carbons (Fsp3) is 0.242. The van der Waals surface area contributed by atoms with Crippen molar-refractivity contribution in [3.8, 4) is 0 Å². The summed E-state index contributed by atoms with van der Waals surface area (Å²) in [5.41, 5.74) is 0. The minimum absolute atomic E-state index is 0. The molecule has 0 unspecified atom stereocenters. The van der Waals surface area contributed by atoms with Gasteiger partial charge in [-0.1, -0.05) is 0 Å². The predicted molar refractivity (Wildman–Crippen MR) is 166 cm³/mol. The summed E-state index contributed by atoms with van der Waals surface area (Å²) in [6.07, 6.45) is 0. The van der Waals surface area contributed by atoms with Crippen LogP contribution in [0.5, 0.6) is 0 Å². The average Bonchev–Trinajstić information content (AvgIpc) is 2.98. The van der Waals surface area contributed by atoms with Gasteiger partial charge in [-0.25, -0.2) is 0 Å². The minimum Gasteiger partial charge on any atom is -0.660 e. The van der Waals surface area contributed by atoms with Crippen LogP contribution in [0.3, 0.4) is 0 Å². The van der Waals surface area contributed by atoms with Crippen molar-refractivity contribution in [3.05, 3.63) is 158 Å². The first-order valence-electron chi connectivity index (χ1n) is 12.4. The van der Waals surface area contributed by atoms with Crippen LogP contribution in [0.15, 0.2) is 121 Å². The van der Waals surface area contributed by atoms with Gasteiger partial charge in [-0.2, -0.15) is 146 Å². The molecule has 6 heteroatoms. The van der Waals surface area contributed by atoms with Crippen LogP contribution in [-0.4, -0.2) is 52.4 Å². The van der Waals surface area contributed by atoms with E-state index in [1.807, 2.05) is 121 Å². The largest absolute Gasteiger partial charge is 0.660 e. The Morgan fingerprint density at radius 2 is 0.615 bits per heavy atom. The van der Waals surface area contributed by atoms with Crippen molar-refractivity contribution in [1.29, 1.82) is 0 Å². The van der Waals surface area contributed by atoms with Gasteiger partial charge in [0.25, 0.3) is 0 Å². The van der Waals surface area contributed by atoms with E-state index in [0.29, 0.717) is 0 Å². The molecule has 0 amide bonds. The van der Waals surface area contributed by atoms with Crippen molar-refractivity contribution >= 4 is 12.4 Å². The van der Waals surface area contributed by atoms with Gasteiger partial charge in [-0.3, -0.25) is 0 Å². The van der Waals surface area contributed by atoms with E-state index in [0.717, 1.165) is 52.4 Å². The van der Waals surface area contributed by atoms with E-state index < -0.39 is 0 Å². The summed E-state index contributed by atoms with van der Waals surface area (Å²) >= 11 is 0. The topological polar surface area (TPSA) is 50.2 Å². The van der Waals surface area contributed by atoms with Crippen molar-refractivity contribution in [2.75, 3.05) is 52.4 Å². The van der Waals surface area contributed by atoms with Crippen LogP contribution in [0.2, 0.25) is 0 Å². The molecule has 1 aliphatic heterocycles. The maximum Gasteiger partial charge on any atom is 0.00772 e. The van der Waals surface area contributed by atoms with Gasteiger partial charge in [0.1, 0.15) is 0 Å². The molecule has 212 valence electrons. The molecule has 0 radical (unpaired) electrons. The van der Waals surface area contributed by atoms with Gasteiger partial charge in [0.15, 0.2) is 0 Å². The quantitative estimate of drug-likeness (QED) is 0.178. The molecule has 1 saturated heterocycles. The third kappa shape index (κ3) is 35.7. The Bertz CT molecular complexity index is 584. The first-order valence-corrected chi connectivity index (χ1v) is 12.4. The van der Waals surface area contributed by atoms with Crippen molar-refractivity contribution < 1.29 is 21.7 Å². The average molecular weight is 579 g/mol. The molecule has 0 atom stereocenters. The van der Waals surface area contributed by atoms with E-state index >= 15 is 0 Å². The zero-order chi connectivity index (χ0) is 25.5. The molecule has 0 saturated carbocycles. The molecule has 39 heavy (non-hydrogen) atoms. The number of hydrogen-bond acceptors (Lipinski definition) is 3. The summed E-state index contributed by atoms with van der Waals surface area (Å²) in [5.74, 6) is 0. The van der Waals surface area contributed by atoms with Crippen molar-refractivity contribution in [2.24, 2.45) is 0 Å². The summed E-state index contributed by atoms with van der Waals surface area (Å²) in [6.45, 7) is 8.14. The zero-order valence-electron chi connectivity index (χ0n) is 23.1. The Morgan fingerprint density at radius 3 is 0.795 bits per heavy atom. The smallest absolute Gasteiger partial charge is 0.00772 e. The molecule has 0 spiro atoms. The van der Waals surface area contributed by atoms with Gasteiger partial charge in [0.05, 0.1) is 0 Å². The molecule has 0 bridgehead atoms. The molecule has 4 aromatic rings. The van der Waals surface area contributed by atoms with Crippen molar-refractivity contribution in [2.45, 2.75) is 0 Å². The van der Waals surface area contributed by atoms with Crippen LogP contribution >= 0.6 is 12.4 Å². The van der Waals surface area contributed by atoms with Crippen LogP contribution in [-0.2, 0) is 21.7 Å². The summed E-state index contributed by atoms with van der Waals surface area (Å²) < 4.78 is 0. The predicted octanol–water partition coefficient (Wildman–Crippen LogP) is 5.96. The number of benzene rings is 4. The van der Waals surface area contributed by atoms with E-state index in [2.05, 4.69) is 45.5 Å². The van der Waals surface area contributed by atoms with E-state index in [1.165, 1.54) is 0 Å². The molecule has 1 aliphatic rings. The molecule has 1 fully saturated rings.